The third-order valence-electron chi connectivity index (χ3n) is 3.70. The average Bonchev–Trinajstić information content (AvgIpc) is 3.00. The summed E-state index contributed by atoms with van der Waals surface area (Å²) in [5.41, 5.74) is -3.25. The predicted molar refractivity (Wildman–Crippen MR) is 74.4 cm³/mol. The highest BCUT2D eigenvalue weighted by atomic mass is 19.4. The number of hydrogen-bond acceptors (Lipinski definition) is 3. The molecular weight excluding hydrogens is 344 g/mol. The summed E-state index contributed by atoms with van der Waals surface area (Å²) in [6.45, 7) is 1.40. The van der Waals surface area contributed by atoms with Gasteiger partial charge in [-0.2, -0.15) is 22.8 Å². The van der Waals surface area contributed by atoms with E-state index < -0.39 is 34.6 Å². The number of fused-ring (bicyclic) bond motifs is 1. The van der Waals surface area contributed by atoms with Gasteiger partial charge < -0.3 is 10.2 Å². The molecule has 0 aliphatic carbocycles. The third-order valence-corrected chi connectivity index (χ3v) is 3.70. The van der Waals surface area contributed by atoms with Crippen LogP contribution in [-0.4, -0.2) is 16.4 Å². The number of rotatable bonds is 2. The number of anilines is 1. The fraction of sp³-hybridized carbons (Fsp3) is 0.267. The van der Waals surface area contributed by atoms with E-state index in [1.54, 1.807) is 0 Å². The van der Waals surface area contributed by atoms with Crippen molar-refractivity contribution in [1.82, 2.24) is 4.85 Å². The van der Waals surface area contributed by atoms with Gasteiger partial charge >= 0.3 is 6.18 Å². The number of carbonyl (C=O) groups excluding carboxylic acids is 1. The van der Waals surface area contributed by atoms with E-state index in [-0.39, 0.29) is 12.2 Å². The molecule has 3 rings (SSSR count). The van der Waals surface area contributed by atoms with Gasteiger partial charge in [0.2, 0.25) is 18.6 Å². The van der Waals surface area contributed by atoms with Gasteiger partial charge in [0.25, 0.3) is 11.5 Å². The molecule has 1 N–H and O–H groups in total. The van der Waals surface area contributed by atoms with Crippen molar-refractivity contribution in [2.75, 3.05) is 5.32 Å². The van der Waals surface area contributed by atoms with Crippen LogP contribution in [0.2, 0.25) is 0 Å². The monoisotopic (exact) mass is 355 g/mol. The SMILES string of the molecule is C[C@@]1(C(=O)Nc2ccc(C#N)c(C(F)(F)F)c2)C[n+]2cc(F)cn2O1. The van der Waals surface area contributed by atoms with Crippen molar-refractivity contribution in [3.63, 3.8) is 0 Å². The molecule has 1 aliphatic heterocycles. The van der Waals surface area contributed by atoms with Gasteiger partial charge in [0.05, 0.1) is 17.2 Å². The Morgan fingerprint density at radius 2 is 2.20 bits per heavy atom. The molecular formula is C15H11F4N4O2+. The van der Waals surface area contributed by atoms with Crippen LogP contribution in [0.1, 0.15) is 18.1 Å². The summed E-state index contributed by atoms with van der Waals surface area (Å²) in [4.78, 5) is 18.8. The molecule has 2 aromatic rings. The van der Waals surface area contributed by atoms with Crippen molar-refractivity contribution in [3.05, 3.63) is 47.5 Å². The zero-order chi connectivity index (χ0) is 18.4. The van der Waals surface area contributed by atoms with E-state index in [1.807, 2.05) is 0 Å². The summed E-state index contributed by atoms with van der Waals surface area (Å²) < 4.78 is 53.3. The molecule has 1 atom stereocenters. The van der Waals surface area contributed by atoms with E-state index in [2.05, 4.69) is 5.32 Å². The average molecular weight is 355 g/mol. The molecule has 1 aromatic heterocycles. The fourth-order valence-electron chi connectivity index (χ4n) is 2.48. The number of nitriles is 1. The fourth-order valence-corrected chi connectivity index (χ4v) is 2.48. The van der Waals surface area contributed by atoms with Crippen LogP contribution in [0.4, 0.5) is 23.2 Å². The molecule has 1 amide bonds. The minimum atomic E-state index is -4.73. The minimum Gasteiger partial charge on any atom is -0.345 e. The smallest absolute Gasteiger partial charge is 0.345 e. The van der Waals surface area contributed by atoms with Gasteiger partial charge in [0, 0.05) is 10.5 Å². The Morgan fingerprint density at radius 1 is 1.48 bits per heavy atom. The highest BCUT2D eigenvalue weighted by Crippen LogP contribution is 2.33. The van der Waals surface area contributed by atoms with Crippen LogP contribution in [0.15, 0.2) is 30.6 Å². The van der Waals surface area contributed by atoms with Gasteiger partial charge in [-0.3, -0.25) is 4.79 Å². The summed E-state index contributed by atoms with van der Waals surface area (Å²) in [7, 11) is 0. The molecule has 0 bridgehead atoms. The number of nitrogens with zero attached hydrogens (tertiary/aromatic N) is 3. The van der Waals surface area contributed by atoms with E-state index in [1.165, 1.54) is 23.7 Å². The molecule has 0 saturated carbocycles. The Bertz CT molecular complexity index is 874. The molecule has 10 heteroatoms. The van der Waals surface area contributed by atoms with Crippen LogP contribution in [0, 0.1) is 17.1 Å². The van der Waals surface area contributed by atoms with E-state index in [0.717, 1.165) is 23.3 Å². The maximum Gasteiger partial charge on any atom is 0.417 e. The molecule has 130 valence electrons. The van der Waals surface area contributed by atoms with Crippen LogP contribution in [0.5, 0.6) is 0 Å². The van der Waals surface area contributed by atoms with Gasteiger partial charge in [-0.1, -0.05) is 4.68 Å². The Morgan fingerprint density at radius 3 is 2.80 bits per heavy atom. The van der Waals surface area contributed by atoms with Gasteiger partial charge in [-0.05, 0) is 25.1 Å². The van der Waals surface area contributed by atoms with Gasteiger partial charge in [0.1, 0.15) is 6.20 Å². The number of nitrogens with one attached hydrogen (secondary N) is 1. The normalized spacial score (nSPS) is 19.0. The summed E-state index contributed by atoms with van der Waals surface area (Å²) >= 11 is 0. The molecule has 1 aliphatic rings. The van der Waals surface area contributed by atoms with Gasteiger partial charge in [-0.25, -0.2) is 0 Å². The van der Waals surface area contributed by atoms with Crippen molar-refractivity contribution < 1.29 is 31.9 Å². The second-order valence-corrected chi connectivity index (χ2v) is 5.69. The van der Waals surface area contributed by atoms with Crippen molar-refractivity contribution in [3.8, 4) is 6.07 Å². The quantitative estimate of drug-likeness (QED) is 0.658. The van der Waals surface area contributed by atoms with Crippen molar-refractivity contribution in [1.29, 1.82) is 5.26 Å². The van der Waals surface area contributed by atoms with Crippen LogP contribution < -0.4 is 14.8 Å². The number of benzene rings is 1. The Kier molecular flexibility index (Phi) is 3.67. The first-order valence-corrected chi connectivity index (χ1v) is 7.02. The molecule has 0 fully saturated rings. The molecule has 0 saturated heterocycles. The van der Waals surface area contributed by atoms with Crippen molar-refractivity contribution in [2.24, 2.45) is 0 Å². The number of hydrogen-bond donors (Lipinski definition) is 1. The molecule has 6 nitrogen and oxygen atoms in total. The topological polar surface area (TPSA) is 70.9 Å². The maximum absolute atomic E-state index is 13.1. The van der Waals surface area contributed by atoms with E-state index in [9.17, 15) is 22.4 Å². The second kappa shape index (κ2) is 5.47. The molecule has 0 unspecified atom stereocenters. The molecule has 0 spiro atoms. The third kappa shape index (κ3) is 3.00. The summed E-state index contributed by atoms with van der Waals surface area (Å²) in [5.74, 6) is -1.26. The zero-order valence-corrected chi connectivity index (χ0v) is 12.8. The number of carbonyl (C=O) groups is 1. The number of alkyl halides is 3. The standard InChI is InChI=1S/C15H10F4N4O2/c1-14(8-22-6-10(16)7-23(22)25-14)13(24)21-11-3-2-9(5-20)12(4-11)15(17,18)19/h2-4,6-7H,8H2,1H3/p+1/t14-/m0/s1. The predicted octanol–water partition coefficient (Wildman–Crippen LogP) is 1.64. The first kappa shape index (κ1) is 16.8. The summed E-state index contributed by atoms with van der Waals surface area (Å²) in [5, 5.41) is 11.1. The Balaban J connectivity index is 1.82. The van der Waals surface area contributed by atoms with Crippen LogP contribution >= 0.6 is 0 Å². The highest BCUT2D eigenvalue weighted by Gasteiger charge is 2.49. The van der Waals surface area contributed by atoms with Crippen molar-refractivity contribution in [2.45, 2.75) is 25.2 Å². The molecule has 25 heavy (non-hydrogen) atoms. The number of aromatic nitrogens is 2. The van der Waals surface area contributed by atoms with Gasteiger partial charge in [-0.15, -0.1) is 0 Å². The lowest BCUT2D eigenvalue weighted by molar-refractivity contribution is -0.769. The zero-order valence-electron chi connectivity index (χ0n) is 12.8. The Labute approximate surface area is 138 Å². The van der Waals surface area contributed by atoms with E-state index in [4.69, 9.17) is 10.1 Å². The highest BCUT2D eigenvalue weighted by molar-refractivity contribution is 5.97. The first-order valence-electron chi connectivity index (χ1n) is 7.02. The second-order valence-electron chi connectivity index (χ2n) is 5.69. The van der Waals surface area contributed by atoms with E-state index in [0.29, 0.717) is 6.07 Å². The summed E-state index contributed by atoms with van der Waals surface area (Å²) in [6, 6.07) is 4.31. The first-order chi connectivity index (χ1) is 11.6. The maximum atomic E-state index is 13.1. The number of amides is 1. The van der Waals surface area contributed by atoms with E-state index >= 15 is 0 Å². The lowest BCUT2D eigenvalue weighted by Crippen LogP contribution is -2.48. The number of halogens is 4. The van der Waals surface area contributed by atoms with Crippen LogP contribution in [0.3, 0.4) is 0 Å². The lowest BCUT2D eigenvalue weighted by atomic mass is 10.0. The van der Waals surface area contributed by atoms with Crippen LogP contribution in [0.25, 0.3) is 0 Å². The molecule has 0 radical (unpaired) electrons. The lowest BCUT2D eigenvalue weighted by Gasteiger charge is -2.18. The van der Waals surface area contributed by atoms with Crippen LogP contribution in [-0.2, 0) is 17.5 Å². The molecule has 1 aromatic carbocycles. The largest absolute Gasteiger partial charge is 0.417 e. The molecule has 2 heterocycles. The minimum absolute atomic E-state index is 0.0227. The Hall–Kier alpha value is -3.09. The van der Waals surface area contributed by atoms with Crippen molar-refractivity contribution >= 4 is 11.6 Å². The summed E-state index contributed by atoms with van der Waals surface area (Å²) in [6.07, 6.45) is -2.57. The van der Waals surface area contributed by atoms with Gasteiger partial charge in [0.15, 0.2) is 0 Å².